The Kier molecular flexibility index (Phi) is 10.1. The number of rotatable bonds is 9. The molecule has 2 heterocycles. The summed E-state index contributed by atoms with van der Waals surface area (Å²) < 4.78 is 8.02. The van der Waals surface area contributed by atoms with Crippen molar-refractivity contribution in [2.75, 3.05) is 10.6 Å². The van der Waals surface area contributed by atoms with Gasteiger partial charge in [0, 0.05) is 40.6 Å². The molecule has 0 spiro atoms. The predicted molar refractivity (Wildman–Crippen MR) is 194 cm³/mol. The van der Waals surface area contributed by atoms with Gasteiger partial charge in [0.1, 0.15) is 17.3 Å². The average Bonchev–Trinajstić information content (AvgIpc) is 4.02. The fourth-order valence-corrected chi connectivity index (χ4v) is 5.15. The van der Waals surface area contributed by atoms with Gasteiger partial charge in [-0.25, -0.2) is 19.3 Å². The van der Waals surface area contributed by atoms with E-state index in [9.17, 15) is 14.4 Å². The van der Waals surface area contributed by atoms with Gasteiger partial charge in [-0.1, -0.05) is 62.7 Å². The topological polar surface area (TPSA) is 140 Å². The zero-order chi connectivity index (χ0) is 35.3. The van der Waals surface area contributed by atoms with Crippen molar-refractivity contribution in [3.8, 4) is 17.2 Å². The minimum atomic E-state index is -0.388. The summed E-state index contributed by atoms with van der Waals surface area (Å²) in [6.45, 7) is 8.30. The molecule has 2 aliphatic rings. The van der Waals surface area contributed by atoms with Crippen LogP contribution in [0.3, 0.4) is 0 Å². The molecule has 2 aliphatic carbocycles. The van der Waals surface area contributed by atoms with E-state index in [0.717, 1.165) is 53.4 Å². The van der Waals surface area contributed by atoms with Crippen LogP contribution < -0.4 is 20.7 Å². The summed E-state index contributed by atoms with van der Waals surface area (Å²) in [5.41, 5.74) is 3.94. The lowest BCUT2D eigenvalue weighted by Crippen LogP contribution is -2.27. The van der Waals surface area contributed by atoms with Crippen molar-refractivity contribution in [1.29, 1.82) is 0 Å². The van der Waals surface area contributed by atoms with Crippen LogP contribution in [0.5, 0.6) is 11.5 Å². The molecule has 0 radical (unpaired) electrons. The predicted octanol–water partition coefficient (Wildman–Crippen LogP) is 7.77. The van der Waals surface area contributed by atoms with Crippen LogP contribution in [0.15, 0.2) is 90.1 Å². The van der Waals surface area contributed by atoms with Crippen LogP contribution in [-0.4, -0.2) is 44.9 Å². The Morgan fingerprint density at radius 2 is 1.68 bits per heavy atom. The number of hydrogen-bond donors (Lipinski definition) is 3. The van der Waals surface area contributed by atoms with E-state index in [0.29, 0.717) is 40.8 Å². The Labute approximate surface area is 291 Å². The lowest BCUT2D eigenvalue weighted by molar-refractivity contribution is -0.120. The molecule has 11 heteroatoms. The molecular formula is C39H41N7O4. The third kappa shape index (κ3) is 9.00. The fraction of sp³-hybridized carbons (Fsp3) is 0.308. The first-order chi connectivity index (χ1) is 24.1. The Hall–Kier alpha value is -5.80. The Bertz CT molecular complexity index is 2050. The van der Waals surface area contributed by atoms with Crippen LogP contribution in [0, 0.1) is 6.92 Å². The molecular weight excluding hydrogens is 630 g/mol. The Morgan fingerprint density at radius 3 is 2.34 bits per heavy atom. The number of carbonyl (C=O) groups is 2. The number of nitrogens with one attached hydrogen (secondary N) is 3. The van der Waals surface area contributed by atoms with Gasteiger partial charge in [-0.3, -0.25) is 15.1 Å². The van der Waals surface area contributed by atoms with E-state index in [-0.39, 0.29) is 23.8 Å². The van der Waals surface area contributed by atoms with Gasteiger partial charge in [-0.15, -0.1) is 0 Å². The number of ether oxygens (including phenoxy) is 1. The van der Waals surface area contributed by atoms with Crippen molar-refractivity contribution in [3.63, 3.8) is 0 Å². The van der Waals surface area contributed by atoms with Gasteiger partial charge < -0.3 is 15.4 Å². The summed E-state index contributed by atoms with van der Waals surface area (Å²) >= 11 is 0. The number of fused-ring (bicyclic) bond motifs is 1. The maximum absolute atomic E-state index is 13.4. The number of carbonyl (C=O) groups excluding carboxylic acids is 3. The number of aliphatic imine (C=N–C) groups is 1. The monoisotopic (exact) mass is 671 g/mol. The molecule has 2 saturated carbocycles. The van der Waals surface area contributed by atoms with Crippen LogP contribution in [0.25, 0.3) is 16.5 Å². The minimum Gasteiger partial charge on any atom is -0.457 e. The van der Waals surface area contributed by atoms with E-state index in [1.54, 1.807) is 23.0 Å². The van der Waals surface area contributed by atoms with Gasteiger partial charge >= 0.3 is 6.03 Å². The molecule has 3 N–H and O–H groups in total. The van der Waals surface area contributed by atoms with Gasteiger partial charge in [-0.2, -0.15) is 5.10 Å². The number of pyridine rings is 1. The fourth-order valence-electron chi connectivity index (χ4n) is 5.15. The van der Waals surface area contributed by atoms with E-state index in [1.165, 1.54) is 6.08 Å². The molecule has 0 bridgehead atoms. The van der Waals surface area contributed by atoms with Crippen LogP contribution in [0.4, 0.5) is 16.3 Å². The number of benzene rings is 3. The first-order valence-electron chi connectivity index (χ1n) is 16.8. The van der Waals surface area contributed by atoms with E-state index in [1.807, 2.05) is 73.7 Å². The molecule has 5 aromatic rings. The smallest absolute Gasteiger partial charge is 0.324 e. The summed E-state index contributed by atoms with van der Waals surface area (Å²) in [5.74, 6) is 1.74. The maximum atomic E-state index is 13.4. The second-order valence-electron chi connectivity index (χ2n) is 13.7. The highest BCUT2D eigenvalue weighted by Gasteiger charge is 2.24. The van der Waals surface area contributed by atoms with Gasteiger partial charge in [0.15, 0.2) is 0 Å². The van der Waals surface area contributed by atoms with Gasteiger partial charge in [0.25, 0.3) is 0 Å². The average molecular weight is 672 g/mol. The molecule has 2 fully saturated rings. The molecule has 3 aromatic carbocycles. The van der Waals surface area contributed by atoms with Crippen molar-refractivity contribution in [2.24, 2.45) is 4.99 Å². The number of hydrogen-bond acceptors (Lipinski definition) is 7. The van der Waals surface area contributed by atoms with Crippen molar-refractivity contribution in [1.82, 2.24) is 20.1 Å². The largest absolute Gasteiger partial charge is 0.457 e. The van der Waals surface area contributed by atoms with Crippen LogP contribution >= 0.6 is 0 Å². The third-order valence-corrected chi connectivity index (χ3v) is 8.21. The number of isocyanates is 1. The van der Waals surface area contributed by atoms with Gasteiger partial charge in [-0.05, 0) is 62.9 Å². The number of aromatic nitrogens is 3. The van der Waals surface area contributed by atoms with Crippen molar-refractivity contribution in [2.45, 2.75) is 77.3 Å². The molecule has 3 amide bonds. The summed E-state index contributed by atoms with van der Waals surface area (Å²) in [7, 11) is 0. The second kappa shape index (κ2) is 14.8. The van der Waals surface area contributed by atoms with Crippen LogP contribution in [0.2, 0.25) is 0 Å². The van der Waals surface area contributed by atoms with Crippen LogP contribution in [-0.2, 0) is 21.4 Å². The SMILES string of the molecule is Cc1ccc(-n2nc(C(C)(C)C)cc2NC(=O)Nc2ccc(Oc3ccnc(CC(=O)NC4CC4)c3)c3ccccc23)cc1.O=C=NC1CC1. The zero-order valence-corrected chi connectivity index (χ0v) is 28.7. The summed E-state index contributed by atoms with van der Waals surface area (Å²) in [5, 5.41) is 15.5. The molecule has 0 atom stereocenters. The molecule has 0 aliphatic heterocycles. The first kappa shape index (κ1) is 34.1. The lowest BCUT2D eigenvalue weighted by Gasteiger charge is -2.14. The molecule has 50 heavy (non-hydrogen) atoms. The quantitative estimate of drug-likeness (QED) is 0.108. The van der Waals surface area contributed by atoms with Crippen LogP contribution in [0.1, 0.15) is 63.4 Å². The van der Waals surface area contributed by atoms with Gasteiger partial charge in [0.05, 0.1) is 35.2 Å². The van der Waals surface area contributed by atoms with E-state index < -0.39 is 0 Å². The summed E-state index contributed by atoms with van der Waals surface area (Å²) in [6, 6.07) is 25.1. The van der Waals surface area contributed by atoms with Crippen molar-refractivity contribution in [3.05, 3.63) is 102 Å². The molecule has 11 nitrogen and oxygen atoms in total. The number of amides is 3. The zero-order valence-electron chi connectivity index (χ0n) is 28.7. The Morgan fingerprint density at radius 1 is 0.940 bits per heavy atom. The highest BCUT2D eigenvalue weighted by Crippen LogP contribution is 2.35. The van der Waals surface area contributed by atoms with E-state index in [4.69, 9.17) is 9.84 Å². The summed E-state index contributed by atoms with van der Waals surface area (Å²) in [4.78, 5) is 42.7. The molecule has 256 valence electrons. The molecule has 7 rings (SSSR count). The molecule has 0 unspecified atom stereocenters. The number of urea groups is 1. The number of anilines is 2. The lowest BCUT2D eigenvalue weighted by atomic mass is 9.92. The molecule has 2 aromatic heterocycles. The first-order valence-corrected chi connectivity index (χ1v) is 16.8. The van der Waals surface area contributed by atoms with Crippen molar-refractivity contribution >= 4 is 40.3 Å². The van der Waals surface area contributed by atoms with Crippen molar-refractivity contribution < 1.29 is 19.1 Å². The number of aryl methyl sites for hydroxylation is 1. The van der Waals surface area contributed by atoms with E-state index in [2.05, 4.69) is 46.7 Å². The third-order valence-electron chi connectivity index (χ3n) is 8.21. The summed E-state index contributed by atoms with van der Waals surface area (Å²) in [6.07, 6.45) is 7.61. The number of nitrogens with zero attached hydrogens (tertiary/aromatic N) is 4. The second-order valence-corrected chi connectivity index (χ2v) is 13.7. The molecule has 0 saturated heterocycles. The van der Waals surface area contributed by atoms with Gasteiger partial charge in [0.2, 0.25) is 12.0 Å². The van der Waals surface area contributed by atoms with E-state index >= 15 is 0 Å². The highest BCUT2D eigenvalue weighted by atomic mass is 16.5. The normalized spacial score (nSPS) is 13.8. The standard InChI is InChI=1S/C35H36N6O3.C4H5NO/c1-22-9-13-25(14-10-22)41-32(21-31(40-41)35(2,3)4)39-34(43)38-29-15-16-30(28-8-6-5-7-27(28)29)44-26-17-18-36-24(19-26)20-33(42)37-23-11-12-23;6-3-5-4-1-2-4/h5-10,13-19,21,23H,11-12,20H2,1-4H3,(H,37,42)(H2,38,39,43);4H,1-2H2. The Balaban J connectivity index is 0.000000652. The highest BCUT2D eigenvalue weighted by molar-refractivity contribution is 6.07. The maximum Gasteiger partial charge on any atom is 0.324 e. The minimum absolute atomic E-state index is 0.0344.